The predicted octanol–water partition coefficient (Wildman–Crippen LogP) is 1.18. The number of allylic oxidation sites excluding steroid dienone is 1. The van der Waals surface area contributed by atoms with Gasteiger partial charge in [-0.2, -0.15) is 0 Å². The molecule has 0 spiro atoms. The van der Waals surface area contributed by atoms with Crippen LogP contribution in [-0.2, 0) is 4.79 Å². The fourth-order valence-corrected chi connectivity index (χ4v) is 0.512. The molecule has 0 aromatic carbocycles. The van der Waals surface area contributed by atoms with E-state index in [9.17, 15) is 4.79 Å². The maximum atomic E-state index is 11.3. The Kier molecular flexibility index (Phi) is 3.96. The second-order valence-electron chi connectivity index (χ2n) is 3.97. The summed E-state index contributed by atoms with van der Waals surface area (Å²) in [6, 6.07) is 0. The molecule has 1 N–H and O–H groups in total. The van der Waals surface area contributed by atoms with Gasteiger partial charge in [0.05, 0.1) is 0 Å². The molecule has 3 nitrogen and oxygen atoms in total. The van der Waals surface area contributed by atoms with Crippen molar-refractivity contribution in [1.82, 2.24) is 10.4 Å². The van der Waals surface area contributed by atoms with Crippen LogP contribution in [0.2, 0.25) is 0 Å². The van der Waals surface area contributed by atoms with Crippen molar-refractivity contribution in [1.29, 1.82) is 0 Å². The first kappa shape index (κ1) is 11.2. The topological polar surface area (TPSA) is 32.3 Å². The zero-order valence-corrected chi connectivity index (χ0v) is 8.51. The molecule has 3 heteroatoms. The lowest BCUT2D eigenvalue weighted by Crippen LogP contribution is -2.26. The standard InChI is InChI=1S/C9H18N2O/c1-9(2,3)8(12)6-7-10-11(4)5/h6-7,10H,1-5H3/b7-6+. The smallest absolute Gasteiger partial charge is 0.162 e. The molecule has 0 radical (unpaired) electrons. The molecule has 0 rings (SSSR count). The Bertz CT molecular complexity index is 177. The van der Waals surface area contributed by atoms with Crippen LogP contribution in [0.15, 0.2) is 12.3 Å². The summed E-state index contributed by atoms with van der Waals surface area (Å²) in [6.45, 7) is 5.69. The number of ketones is 1. The van der Waals surface area contributed by atoms with Gasteiger partial charge in [-0.25, -0.2) is 5.01 Å². The molecule has 0 heterocycles. The first-order valence-electron chi connectivity index (χ1n) is 3.98. The normalized spacial score (nSPS) is 12.5. The van der Waals surface area contributed by atoms with Crippen molar-refractivity contribution in [3.8, 4) is 0 Å². The predicted molar refractivity (Wildman–Crippen MR) is 50.4 cm³/mol. The molecule has 0 saturated carbocycles. The lowest BCUT2D eigenvalue weighted by molar-refractivity contribution is -0.121. The average molecular weight is 170 g/mol. The third-order valence-electron chi connectivity index (χ3n) is 1.31. The number of hydrazine groups is 1. The minimum atomic E-state index is -0.287. The van der Waals surface area contributed by atoms with Gasteiger partial charge in [0, 0.05) is 25.7 Å². The third-order valence-corrected chi connectivity index (χ3v) is 1.31. The highest BCUT2D eigenvalue weighted by atomic mass is 16.1. The van der Waals surface area contributed by atoms with E-state index in [0.29, 0.717) is 0 Å². The van der Waals surface area contributed by atoms with Gasteiger partial charge in [0.2, 0.25) is 0 Å². The number of rotatable bonds is 3. The second kappa shape index (κ2) is 4.26. The highest BCUT2D eigenvalue weighted by Gasteiger charge is 2.17. The molecular weight excluding hydrogens is 152 g/mol. The van der Waals surface area contributed by atoms with Gasteiger partial charge in [0.15, 0.2) is 5.78 Å². The molecule has 0 aromatic heterocycles. The van der Waals surface area contributed by atoms with Crippen LogP contribution < -0.4 is 5.43 Å². The fourth-order valence-electron chi connectivity index (χ4n) is 0.512. The van der Waals surface area contributed by atoms with Gasteiger partial charge >= 0.3 is 0 Å². The second-order valence-corrected chi connectivity index (χ2v) is 3.97. The number of nitrogens with one attached hydrogen (secondary N) is 1. The maximum absolute atomic E-state index is 11.3. The Hall–Kier alpha value is -0.830. The molecule has 0 saturated heterocycles. The van der Waals surface area contributed by atoms with E-state index in [2.05, 4.69) is 5.43 Å². The van der Waals surface area contributed by atoms with Crippen molar-refractivity contribution in [2.45, 2.75) is 20.8 Å². The third kappa shape index (κ3) is 4.91. The zero-order valence-electron chi connectivity index (χ0n) is 8.51. The van der Waals surface area contributed by atoms with E-state index in [1.807, 2.05) is 34.9 Å². The Morgan fingerprint density at radius 2 is 1.83 bits per heavy atom. The Morgan fingerprint density at radius 3 is 2.17 bits per heavy atom. The lowest BCUT2D eigenvalue weighted by Gasteiger charge is -2.14. The van der Waals surface area contributed by atoms with Crippen LogP contribution in [-0.4, -0.2) is 24.9 Å². The molecular formula is C9H18N2O. The van der Waals surface area contributed by atoms with Crippen molar-refractivity contribution in [3.05, 3.63) is 12.3 Å². The van der Waals surface area contributed by atoms with Gasteiger partial charge in [-0.15, -0.1) is 0 Å². The summed E-state index contributed by atoms with van der Waals surface area (Å²) in [6.07, 6.45) is 3.20. The molecule has 12 heavy (non-hydrogen) atoms. The minimum absolute atomic E-state index is 0.122. The first-order chi connectivity index (χ1) is 5.34. The lowest BCUT2D eigenvalue weighted by atomic mass is 9.91. The van der Waals surface area contributed by atoms with Crippen molar-refractivity contribution in [2.24, 2.45) is 5.41 Å². The highest BCUT2D eigenvalue weighted by molar-refractivity contribution is 5.93. The first-order valence-corrected chi connectivity index (χ1v) is 3.98. The van der Waals surface area contributed by atoms with E-state index in [1.165, 1.54) is 0 Å². The Balaban J connectivity index is 3.93. The van der Waals surface area contributed by atoms with Gasteiger partial charge in [-0.1, -0.05) is 20.8 Å². The summed E-state index contributed by atoms with van der Waals surface area (Å²) in [5.41, 5.74) is 2.59. The van der Waals surface area contributed by atoms with Crippen LogP contribution in [0.1, 0.15) is 20.8 Å². The van der Waals surface area contributed by atoms with E-state index < -0.39 is 0 Å². The van der Waals surface area contributed by atoms with E-state index >= 15 is 0 Å². The number of hydrogen-bond acceptors (Lipinski definition) is 3. The molecule has 0 unspecified atom stereocenters. The van der Waals surface area contributed by atoms with E-state index in [1.54, 1.807) is 17.3 Å². The SMILES string of the molecule is CN(C)N/C=C/C(=O)C(C)(C)C. The monoisotopic (exact) mass is 170 g/mol. The van der Waals surface area contributed by atoms with Crippen LogP contribution in [0.3, 0.4) is 0 Å². The summed E-state index contributed by atoms with van der Waals surface area (Å²) in [7, 11) is 3.73. The number of nitrogens with zero attached hydrogens (tertiary/aromatic N) is 1. The van der Waals surface area contributed by atoms with Crippen molar-refractivity contribution in [2.75, 3.05) is 14.1 Å². The largest absolute Gasteiger partial charge is 0.327 e. The van der Waals surface area contributed by atoms with Crippen molar-refractivity contribution >= 4 is 5.78 Å². The maximum Gasteiger partial charge on any atom is 0.162 e. The molecule has 0 aliphatic carbocycles. The minimum Gasteiger partial charge on any atom is -0.327 e. The Morgan fingerprint density at radius 1 is 1.33 bits per heavy atom. The molecule has 0 atom stereocenters. The summed E-state index contributed by atoms with van der Waals surface area (Å²) < 4.78 is 0. The van der Waals surface area contributed by atoms with Crippen molar-refractivity contribution in [3.63, 3.8) is 0 Å². The van der Waals surface area contributed by atoms with Gasteiger partial charge in [0.1, 0.15) is 0 Å². The molecule has 0 amide bonds. The van der Waals surface area contributed by atoms with Gasteiger partial charge in [-0.05, 0) is 6.08 Å². The van der Waals surface area contributed by atoms with Gasteiger partial charge < -0.3 is 5.43 Å². The van der Waals surface area contributed by atoms with Crippen LogP contribution in [0, 0.1) is 5.41 Å². The average Bonchev–Trinajstić information content (AvgIpc) is 1.84. The van der Waals surface area contributed by atoms with Crippen molar-refractivity contribution < 1.29 is 4.79 Å². The number of carbonyl (C=O) groups is 1. The molecule has 70 valence electrons. The highest BCUT2D eigenvalue weighted by Crippen LogP contribution is 2.14. The summed E-state index contributed by atoms with van der Waals surface area (Å²) in [4.78, 5) is 11.3. The number of carbonyl (C=O) groups excluding carboxylic acids is 1. The quantitative estimate of drug-likeness (QED) is 0.510. The Labute approximate surface area is 74.4 Å². The molecule has 0 aromatic rings. The summed E-state index contributed by atoms with van der Waals surface area (Å²) in [5, 5.41) is 1.77. The number of hydrogen-bond donors (Lipinski definition) is 1. The van der Waals surface area contributed by atoms with Crippen LogP contribution >= 0.6 is 0 Å². The summed E-state index contributed by atoms with van der Waals surface area (Å²) >= 11 is 0. The van der Waals surface area contributed by atoms with Crippen LogP contribution in [0.5, 0.6) is 0 Å². The van der Waals surface area contributed by atoms with E-state index in [-0.39, 0.29) is 11.2 Å². The van der Waals surface area contributed by atoms with Gasteiger partial charge in [-0.3, -0.25) is 4.79 Å². The zero-order chi connectivity index (χ0) is 9.78. The van der Waals surface area contributed by atoms with E-state index in [0.717, 1.165) is 0 Å². The molecule has 0 aliphatic rings. The van der Waals surface area contributed by atoms with Gasteiger partial charge in [0.25, 0.3) is 0 Å². The van der Waals surface area contributed by atoms with Crippen LogP contribution in [0.25, 0.3) is 0 Å². The van der Waals surface area contributed by atoms with Crippen LogP contribution in [0.4, 0.5) is 0 Å². The fraction of sp³-hybridized carbons (Fsp3) is 0.667. The molecule has 0 fully saturated rings. The molecule has 0 bridgehead atoms. The molecule has 0 aliphatic heterocycles. The van der Waals surface area contributed by atoms with E-state index in [4.69, 9.17) is 0 Å². The summed E-state index contributed by atoms with van der Waals surface area (Å²) in [5.74, 6) is 0.122.